The quantitative estimate of drug-likeness (QED) is 0.812. The standard InChI is InChI=1S/C9H6ClNO2S/c10-6-1-3-7(4-2-6)11-8(12)5-14-9(11)13/h1-5,12H. The van der Waals surface area contributed by atoms with Crippen molar-refractivity contribution in [2.75, 3.05) is 0 Å². The van der Waals surface area contributed by atoms with Crippen LogP contribution < -0.4 is 4.87 Å². The molecule has 14 heavy (non-hydrogen) atoms. The number of aromatic nitrogens is 1. The van der Waals surface area contributed by atoms with Crippen molar-refractivity contribution in [2.45, 2.75) is 0 Å². The Kier molecular flexibility index (Phi) is 2.31. The van der Waals surface area contributed by atoms with Gasteiger partial charge in [-0.25, -0.2) is 4.57 Å². The predicted octanol–water partition coefficient (Wildman–Crippen LogP) is 2.26. The fraction of sp³-hybridized carbons (Fsp3) is 0. The number of nitrogens with zero attached hydrogens (tertiary/aromatic N) is 1. The summed E-state index contributed by atoms with van der Waals surface area (Å²) in [5.41, 5.74) is 0.609. The zero-order valence-electron chi connectivity index (χ0n) is 6.98. The van der Waals surface area contributed by atoms with Gasteiger partial charge < -0.3 is 5.11 Å². The molecule has 1 aromatic heterocycles. The summed E-state index contributed by atoms with van der Waals surface area (Å²) in [6, 6.07) is 6.69. The molecule has 0 amide bonds. The van der Waals surface area contributed by atoms with Crippen LogP contribution in [0.5, 0.6) is 5.88 Å². The van der Waals surface area contributed by atoms with Crippen LogP contribution in [-0.4, -0.2) is 9.67 Å². The largest absolute Gasteiger partial charge is 0.494 e. The highest BCUT2D eigenvalue weighted by molar-refractivity contribution is 7.07. The van der Waals surface area contributed by atoms with Crippen molar-refractivity contribution in [1.82, 2.24) is 4.57 Å². The van der Waals surface area contributed by atoms with Crippen LogP contribution in [-0.2, 0) is 0 Å². The summed E-state index contributed by atoms with van der Waals surface area (Å²) in [5.74, 6) is -0.0534. The molecule has 1 heterocycles. The zero-order valence-corrected chi connectivity index (χ0v) is 8.55. The van der Waals surface area contributed by atoms with E-state index in [-0.39, 0.29) is 10.8 Å². The van der Waals surface area contributed by atoms with Gasteiger partial charge in [0.1, 0.15) is 0 Å². The van der Waals surface area contributed by atoms with E-state index in [4.69, 9.17) is 11.6 Å². The molecule has 2 rings (SSSR count). The van der Waals surface area contributed by atoms with Crippen molar-refractivity contribution in [3.63, 3.8) is 0 Å². The molecule has 2 aromatic rings. The lowest BCUT2D eigenvalue weighted by molar-refractivity contribution is 0.441. The van der Waals surface area contributed by atoms with E-state index in [0.29, 0.717) is 10.7 Å². The Bertz CT molecular complexity index is 500. The number of hydrogen-bond donors (Lipinski definition) is 1. The maximum atomic E-state index is 11.3. The number of thiazole rings is 1. The lowest BCUT2D eigenvalue weighted by Crippen LogP contribution is -2.09. The van der Waals surface area contributed by atoms with Gasteiger partial charge in [0, 0.05) is 5.02 Å². The van der Waals surface area contributed by atoms with Crippen LogP contribution in [0.4, 0.5) is 0 Å². The molecule has 0 radical (unpaired) electrons. The summed E-state index contributed by atoms with van der Waals surface area (Å²) in [7, 11) is 0. The molecule has 0 unspecified atom stereocenters. The van der Waals surface area contributed by atoms with Gasteiger partial charge in [-0.15, -0.1) is 0 Å². The van der Waals surface area contributed by atoms with Crippen LogP contribution in [0.3, 0.4) is 0 Å². The monoisotopic (exact) mass is 227 g/mol. The average molecular weight is 228 g/mol. The molecule has 0 saturated carbocycles. The molecule has 5 heteroatoms. The van der Waals surface area contributed by atoms with Gasteiger partial charge in [-0.2, -0.15) is 0 Å². The number of aromatic hydroxyl groups is 1. The van der Waals surface area contributed by atoms with Gasteiger partial charge >= 0.3 is 4.87 Å². The molecular weight excluding hydrogens is 222 g/mol. The Morgan fingerprint density at radius 1 is 1.29 bits per heavy atom. The van der Waals surface area contributed by atoms with Crippen LogP contribution in [0.15, 0.2) is 34.4 Å². The van der Waals surface area contributed by atoms with Gasteiger partial charge in [0.25, 0.3) is 0 Å². The van der Waals surface area contributed by atoms with Gasteiger partial charge in [0.2, 0.25) is 5.88 Å². The minimum Gasteiger partial charge on any atom is -0.494 e. The second-order valence-corrected chi connectivity index (χ2v) is 3.93. The van der Waals surface area contributed by atoms with Crippen LogP contribution in [0.25, 0.3) is 5.69 Å². The van der Waals surface area contributed by atoms with Crippen LogP contribution in [0.2, 0.25) is 5.02 Å². The van der Waals surface area contributed by atoms with Gasteiger partial charge in [-0.3, -0.25) is 4.79 Å². The Labute approximate surface area is 88.8 Å². The summed E-state index contributed by atoms with van der Waals surface area (Å²) in [6.45, 7) is 0. The number of rotatable bonds is 1. The zero-order chi connectivity index (χ0) is 10.1. The maximum Gasteiger partial charge on any atom is 0.314 e. The van der Waals surface area contributed by atoms with Crippen LogP contribution >= 0.6 is 22.9 Å². The van der Waals surface area contributed by atoms with Crippen molar-refractivity contribution < 1.29 is 5.11 Å². The summed E-state index contributed by atoms with van der Waals surface area (Å²) in [5, 5.41) is 11.4. The third-order valence-corrected chi connectivity index (χ3v) is 2.73. The normalized spacial score (nSPS) is 10.4. The second kappa shape index (κ2) is 3.48. The highest BCUT2D eigenvalue weighted by Crippen LogP contribution is 2.18. The highest BCUT2D eigenvalue weighted by atomic mass is 35.5. The SMILES string of the molecule is O=c1scc(O)n1-c1ccc(Cl)cc1. The Balaban J connectivity index is 2.60. The lowest BCUT2D eigenvalue weighted by Gasteiger charge is -2.01. The molecule has 72 valence electrons. The summed E-state index contributed by atoms with van der Waals surface area (Å²) in [4.78, 5) is 11.1. The molecule has 0 aliphatic heterocycles. The smallest absolute Gasteiger partial charge is 0.314 e. The van der Waals surface area contributed by atoms with E-state index >= 15 is 0 Å². The van der Waals surface area contributed by atoms with Gasteiger partial charge in [-0.05, 0) is 24.3 Å². The van der Waals surface area contributed by atoms with Crippen molar-refractivity contribution in [3.05, 3.63) is 44.3 Å². The molecule has 0 atom stereocenters. The minimum absolute atomic E-state index is 0.0534. The molecule has 3 nitrogen and oxygen atoms in total. The van der Waals surface area contributed by atoms with E-state index in [1.54, 1.807) is 24.3 Å². The maximum absolute atomic E-state index is 11.3. The van der Waals surface area contributed by atoms with E-state index < -0.39 is 0 Å². The first-order valence-corrected chi connectivity index (χ1v) is 5.10. The van der Waals surface area contributed by atoms with Crippen molar-refractivity contribution in [1.29, 1.82) is 0 Å². The third-order valence-electron chi connectivity index (χ3n) is 1.76. The second-order valence-electron chi connectivity index (χ2n) is 2.67. The summed E-state index contributed by atoms with van der Waals surface area (Å²) in [6.07, 6.45) is 0. The Morgan fingerprint density at radius 2 is 1.93 bits per heavy atom. The summed E-state index contributed by atoms with van der Waals surface area (Å²) < 4.78 is 1.22. The first-order chi connectivity index (χ1) is 6.68. The van der Waals surface area contributed by atoms with Gasteiger partial charge in [0.15, 0.2) is 0 Å². The topological polar surface area (TPSA) is 42.2 Å². The van der Waals surface area contributed by atoms with Crippen molar-refractivity contribution >= 4 is 22.9 Å². The molecule has 0 bridgehead atoms. The molecular formula is C9H6ClNO2S. The molecule has 0 saturated heterocycles. The first-order valence-electron chi connectivity index (χ1n) is 3.84. The fourth-order valence-electron chi connectivity index (χ4n) is 1.13. The first kappa shape index (κ1) is 9.30. The van der Waals surface area contributed by atoms with Crippen LogP contribution in [0.1, 0.15) is 0 Å². The molecule has 0 aliphatic rings. The fourth-order valence-corrected chi connectivity index (χ4v) is 1.87. The Morgan fingerprint density at radius 3 is 2.43 bits per heavy atom. The van der Waals surface area contributed by atoms with Crippen LogP contribution in [0, 0.1) is 0 Å². The van der Waals surface area contributed by atoms with E-state index in [0.717, 1.165) is 11.3 Å². The molecule has 1 N–H and O–H groups in total. The van der Waals surface area contributed by atoms with E-state index in [1.165, 1.54) is 9.95 Å². The number of benzene rings is 1. The Hall–Kier alpha value is -1.26. The van der Waals surface area contributed by atoms with E-state index in [9.17, 15) is 9.90 Å². The van der Waals surface area contributed by atoms with Gasteiger partial charge in [0.05, 0.1) is 11.1 Å². The molecule has 0 fully saturated rings. The third kappa shape index (κ3) is 1.54. The predicted molar refractivity (Wildman–Crippen MR) is 56.6 cm³/mol. The van der Waals surface area contributed by atoms with Crippen molar-refractivity contribution in [2.24, 2.45) is 0 Å². The van der Waals surface area contributed by atoms with E-state index in [2.05, 4.69) is 0 Å². The van der Waals surface area contributed by atoms with E-state index in [1.807, 2.05) is 0 Å². The summed E-state index contributed by atoms with van der Waals surface area (Å²) >= 11 is 6.66. The molecule has 0 spiro atoms. The van der Waals surface area contributed by atoms with Crippen molar-refractivity contribution in [3.8, 4) is 11.6 Å². The molecule has 1 aromatic carbocycles. The van der Waals surface area contributed by atoms with Gasteiger partial charge in [-0.1, -0.05) is 22.9 Å². The molecule has 0 aliphatic carbocycles. The number of halogens is 1. The number of hydrogen-bond acceptors (Lipinski definition) is 3. The minimum atomic E-state index is -0.218. The average Bonchev–Trinajstić information content (AvgIpc) is 2.49. The highest BCUT2D eigenvalue weighted by Gasteiger charge is 2.06. The lowest BCUT2D eigenvalue weighted by atomic mass is 10.3.